The molecule has 7 nitrogen and oxygen atoms in total. The molecule has 30 heavy (non-hydrogen) atoms. The lowest BCUT2D eigenvalue weighted by Gasteiger charge is -2.30. The Morgan fingerprint density at radius 1 is 1.07 bits per heavy atom. The van der Waals surface area contributed by atoms with Gasteiger partial charge in [-0.15, -0.1) is 0 Å². The van der Waals surface area contributed by atoms with E-state index in [9.17, 15) is 9.59 Å². The van der Waals surface area contributed by atoms with Crippen LogP contribution in [0.15, 0.2) is 59.0 Å². The van der Waals surface area contributed by atoms with Crippen LogP contribution in [0.4, 0.5) is 6.01 Å². The van der Waals surface area contributed by atoms with Crippen LogP contribution in [0.3, 0.4) is 0 Å². The molecule has 1 atom stereocenters. The van der Waals surface area contributed by atoms with Crippen molar-refractivity contribution in [2.24, 2.45) is 5.92 Å². The highest BCUT2D eigenvalue weighted by molar-refractivity contribution is 5.85. The van der Waals surface area contributed by atoms with Crippen LogP contribution >= 0.6 is 0 Å². The van der Waals surface area contributed by atoms with Gasteiger partial charge in [0.15, 0.2) is 5.58 Å². The lowest BCUT2D eigenvalue weighted by atomic mass is 9.97. The van der Waals surface area contributed by atoms with E-state index in [4.69, 9.17) is 9.15 Å². The summed E-state index contributed by atoms with van der Waals surface area (Å²) in [5.74, 6) is -0.846. The summed E-state index contributed by atoms with van der Waals surface area (Å²) in [5.41, 5.74) is 2.25. The standard InChI is InChI=1S/C23H25N3O4/c1-25(2)21(27)20(16-8-4-3-5-9-16)30-22(28)17-12-14-26(15-13-17)23-24-18-10-6-7-11-19(18)29-23/h3-11,17,20H,12-15H2,1-2H3/t20-/m1/s1. The van der Waals surface area contributed by atoms with Crippen LogP contribution in [0.2, 0.25) is 0 Å². The van der Waals surface area contributed by atoms with E-state index in [0.29, 0.717) is 37.5 Å². The van der Waals surface area contributed by atoms with Crippen LogP contribution in [0.25, 0.3) is 11.1 Å². The van der Waals surface area contributed by atoms with E-state index < -0.39 is 6.10 Å². The molecule has 156 valence electrons. The molecule has 0 N–H and O–H groups in total. The van der Waals surface area contributed by atoms with Crippen LogP contribution in [0, 0.1) is 5.92 Å². The highest BCUT2D eigenvalue weighted by atomic mass is 16.5. The van der Waals surface area contributed by atoms with Crippen molar-refractivity contribution in [1.29, 1.82) is 0 Å². The van der Waals surface area contributed by atoms with Gasteiger partial charge in [-0.2, -0.15) is 4.98 Å². The Morgan fingerprint density at radius 2 is 1.73 bits per heavy atom. The second kappa shape index (κ2) is 8.57. The van der Waals surface area contributed by atoms with Gasteiger partial charge >= 0.3 is 5.97 Å². The van der Waals surface area contributed by atoms with Gasteiger partial charge in [-0.25, -0.2) is 0 Å². The van der Waals surface area contributed by atoms with E-state index in [-0.39, 0.29) is 17.8 Å². The van der Waals surface area contributed by atoms with Crippen LogP contribution in [0.5, 0.6) is 0 Å². The molecule has 1 aromatic heterocycles. The minimum Gasteiger partial charge on any atom is -0.447 e. The second-order valence-corrected chi connectivity index (χ2v) is 7.69. The number of benzene rings is 2. The van der Waals surface area contributed by atoms with E-state index in [0.717, 1.165) is 11.1 Å². The smallest absolute Gasteiger partial charge is 0.310 e. The van der Waals surface area contributed by atoms with Gasteiger partial charge in [-0.3, -0.25) is 9.59 Å². The summed E-state index contributed by atoms with van der Waals surface area (Å²) in [7, 11) is 3.32. The number of ether oxygens (including phenoxy) is 1. The van der Waals surface area contributed by atoms with Crippen molar-refractivity contribution >= 4 is 29.0 Å². The Labute approximate surface area is 175 Å². The number of anilines is 1. The maximum atomic E-state index is 12.8. The van der Waals surface area contributed by atoms with Crippen molar-refractivity contribution < 1.29 is 18.7 Å². The first-order chi connectivity index (χ1) is 14.5. The van der Waals surface area contributed by atoms with Gasteiger partial charge in [0, 0.05) is 32.7 Å². The SMILES string of the molecule is CN(C)C(=O)[C@H](OC(=O)C1CCN(c2nc3ccccc3o2)CC1)c1ccccc1. The zero-order chi connectivity index (χ0) is 21.1. The number of hydrogen-bond acceptors (Lipinski definition) is 6. The van der Waals surface area contributed by atoms with Crippen LogP contribution in [-0.2, 0) is 14.3 Å². The van der Waals surface area contributed by atoms with E-state index in [1.54, 1.807) is 26.2 Å². The molecule has 3 aromatic rings. The first kappa shape index (κ1) is 19.9. The highest BCUT2D eigenvalue weighted by Crippen LogP contribution is 2.28. The number of piperidine rings is 1. The minimum absolute atomic E-state index is 0.251. The van der Waals surface area contributed by atoms with Crippen molar-refractivity contribution in [2.75, 3.05) is 32.1 Å². The Kier molecular flexibility index (Phi) is 5.70. The fourth-order valence-electron chi connectivity index (χ4n) is 3.64. The molecule has 1 amide bonds. The molecule has 7 heteroatoms. The third-order valence-electron chi connectivity index (χ3n) is 5.38. The second-order valence-electron chi connectivity index (χ2n) is 7.69. The number of likely N-dealkylation sites (N-methyl/N-ethyl adjacent to an activating group) is 1. The minimum atomic E-state index is -0.927. The molecular formula is C23H25N3O4. The van der Waals surface area contributed by atoms with Crippen LogP contribution in [0.1, 0.15) is 24.5 Å². The summed E-state index contributed by atoms with van der Waals surface area (Å²) >= 11 is 0. The van der Waals surface area contributed by atoms with Crippen molar-refractivity contribution in [3.05, 3.63) is 60.2 Å². The number of aromatic nitrogens is 1. The molecule has 2 heterocycles. The summed E-state index contributed by atoms with van der Waals surface area (Å²) in [6, 6.07) is 17.4. The van der Waals surface area contributed by atoms with Crippen molar-refractivity contribution in [3.63, 3.8) is 0 Å². The molecule has 0 spiro atoms. The molecule has 0 unspecified atom stereocenters. The third-order valence-corrected chi connectivity index (χ3v) is 5.38. The van der Waals surface area contributed by atoms with E-state index >= 15 is 0 Å². The van der Waals surface area contributed by atoms with Gasteiger partial charge in [0.2, 0.25) is 6.10 Å². The lowest BCUT2D eigenvalue weighted by Crippen LogP contribution is -2.38. The molecule has 2 aromatic carbocycles. The van der Waals surface area contributed by atoms with Crippen molar-refractivity contribution in [1.82, 2.24) is 9.88 Å². The predicted octanol–water partition coefficient (Wildman–Crippen LogP) is 3.42. The highest BCUT2D eigenvalue weighted by Gasteiger charge is 2.33. The molecule has 4 rings (SSSR count). The molecule has 1 aliphatic rings. The predicted molar refractivity (Wildman–Crippen MR) is 113 cm³/mol. The van der Waals surface area contributed by atoms with Gasteiger partial charge < -0.3 is 19.0 Å². The Morgan fingerprint density at radius 3 is 2.40 bits per heavy atom. The zero-order valence-electron chi connectivity index (χ0n) is 17.2. The number of amides is 1. The normalized spacial score (nSPS) is 15.7. The average molecular weight is 407 g/mol. The maximum absolute atomic E-state index is 12.8. The van der Waals surface area contributed by atoms with Gasteiger partial charge in [-0.05, 0) is 25.0 Å². The summed E-state index contributed by atoms with van der Waals surface area (Å²) in [6.07, 6.45) is 0.313. The first-order valence-electron chi connectivity index (χ1n) is 10.1. The molecular weight excluding hydrogens is 382 g/mol. The number of nitrogens with zero attached hydrogens (tertiary/aromatic N) is 3. The van der Waals surface area contributed by atoms with Crippen LogP contribution < -0.4 is 4.90 Å². The molecule has 0 radical (unpaired) electrons. The summed E-state index contributed by atoms with van der Waals surface area (Å²) < 4.78 is 11.5. The van der Waals surface area contributed by atoms with E-state index in [1.807, 2.05) is 47.4 Å². The Hall–Kier alpha value is -3.35. The molecule has 0 bridgehead atoms. The fourth-order valence-corrected chi connectivity index (χ4v) is 3.64. The van der Waals surface area contributed by atoms with E-state index in [2.05, 4.69) is 4.98 Å². The van der Waals surface area contributed by atoms with Crippen LogP contribution in [-0.4, -0.2) is 48.9 Å². The largest absolute Gasteiger partial charge is 0.447 e. The number of hydrogen-bond donors (Lipinski definition) is 0. The van der Waals surface area contributed by atoms with Gasteiger partial charge in [0.05, 0.1) is 5.92 Å². The Balaban J connectivity index is 1.41. The number of para-hydroxylation sites is 2. The molecule has 1 aliphatic heterocycles. The zero-order valence-corrected chi connectivity index (χ0v) is 17.2. The summed E-state index contributed by atoms with van der Waals surface area (Å²) in [4.78, 5) is 33.5. The van der Waals surface area contributed by atoms with Crippen molar-refractivity contribution in [3.8, 4) is 0 Å². The van der Waals surface area contributed by atoms with Gasteiger partial charge in [-0.1, -0.05) is 42.5 Å². The van der Waals surface area contributed by atoms with Gasteiger partial charge in [0.25, 0.3) is 11.9 Å². The quantitative estimate of drug-likeness (QED) is 0.604. The number of carbonyl (C=O) groups is 2. The molecule has 0 saturated carbocycles. The number of carbonyl (C=O) groups excluding carboxylic acids is 2. The summed E-state index contributed by atoms with van der Waals surface area (Å²) in [6.45, 7) is 1.29. The first-order valence-corrected chi connectivity index (χ1v) is 10.1. The lowest BCUT2D eigenvalue weighted by molar-refractivity contribution is -0.163. The van der Waals surface area contributed by atoms with Gasteiger partial charge in [0.1, 0.15) is 5.52 Å². The van der Waals surface area contributed by atoms with E-state index in [1.165, 1.54) is 4.90 Å². The molecule has 1 saturated heterocycles. The molecule has 1 fully saturated rings. The maximum Gasteiger partial charge on any atom is 0.310 e. The number of fused-ring (bicyclic) bond motifs is 1. The monoisotopic (exact) mass is 407 g/mol. The van der Waals surface area contributed by atoms with Crippen molar-refractivity contribution in [2.45, 2.75) is 18.9 Å². The third kappa shape index (κ3) is 4.15. The average Bonchev–Trinajstić information content (AvgIpc) is 3.22. The Bertz CT molecular complexity index is 990. The number of rotatable bonds is 5. The number of oxazole rings is 1. The fraction of sp³-hybridized carbons (Fsp3) is 0.348. The molecule has 0 aliphatic carbocycles. The summed E-state index contributed by atoms with van der Waals surface area (Å²) in [5, 5.41) is 0. The number of esters is 1. The topological polar surface area (TPSA) is 75.9 Å².